The van der Waals surface area contributed by atoms with E-state index in [-0.39, 0.29) is 0 Å². The lowest BCUT2D eigenvalue weighted by molar-refractivity contribution is -0.155. The summed E-state index contributed by atoms with van der Waals surface area (Å²) in [6, 6.07) is 0. The number of rotatable bonds is 3. The first kappa shape index (κ1) is 13.8. The van der Waals surface area contributed by atoms with Gasteiger partial charge in [0.25, 0.3) is 0 Å². The number of carboxylic acids is 1. The monoisotopic (exact) mass is 255 g/mol. The van der Waals surface area contributed by atoms with Crippen molar-refractivity contribution in [2.45, 2.75) is 31.7 Å². The lowest BCUT2D eigenvalue weighted by Gasteiger charge is -2.45. The Kier molecular flexibility index (Phi) is 4.59. The maximum Gasteiger partial charge on any atom is 0.324 e. The maximum atomic E-state index is 11.8. The SMILES string of the molecule is CCN1CCC(C(=O)O)(N2CCCNCC2)CC1. The quantitative estimate of drug-likeness (QED) is 0.755. The van der Waals surface area contributed by atoms with E-state index < -0.39 is 11.5 Å². The Morgan fingerprint density at radius 1 is 1.22 bits per heavy atom. The van der Waals surface area contributed by atoms with Gasteiger partial charge in [-0.25, -0.2) is 0 Å². The number of aliphatic carboxylic acids is 1. The van der Waals surface area contributed by atoms with Crippen molar-refractivity contribution in [1.29, 1.82) is 0 Å². The minimum atomic E-state index is -0.625. The van der Waals surface area contributed by atoms with E-state index in [0.29, 0.717) is 0 Å². The van der Waals surface area contributed by atoms with E-state index >= 15 is 0 Å². The summed E-state index contributed by atoms with van der Waals surface area (Å²) in [7, 11) is 0. The van der Waals surface area contributed by atoms with Crippen molar-refractivity contribution in [3.8, 4) is 0 Å². The van der Waals surface area contributed by atoms with Gasteiger partial charge in [-0.15, -0.1) is 0 Å². The number of carboxylic acid groups (broad SMARTS) is 1. The zero-order valence-corrected chi connectivity index (χ0v) is 11.3. The Morgan fingerprint density at radius 2 is 1.94 bits per heavy atom. The Hall–Kier alpha value is -0.650. The van der Waals surface area contributed by atoms with Crippen LogP contribution in [0.5, 0.6) is 0 Å². The Morgan fingerprint density at radius 3 is 2.56 bits per heavy atom. The Bertz CT molecular complexity index is 280. The van der Waals surface area contributed by atoms with Gasteiger partial charge in [-0.05, 0) is 32.4 Å². The van der Waals surface area contributed by atoms with Crippen molar-refractivity contribution in [2.24, 2.45) is 0 Å². The summed E-state index contributed by atoms with van der Waals surface area (Å²) in [6.07, 6.45) is 2.57. The highest BCUT2D eigenvalue weighted by Crippen LogP contribution is 2.29. The van der Waals surface area contributed by atoms with Gasteiger partial charge in [0.05, 0.1) is 0 Å². The van der Waals surface area contributed by atoms with Crippen LogP contribution in [0.4, 0.5) is 0 Å². The Labute approximate surface area is 109 Å². The van der Waals surface area contributed by atoms with E-state index in [4.69, 9.17) is 0 Å². The summed E-state index contributed by atoms with van der Waals surface area (Å²) in [4.78, 5) is 16.4. The molecule has 2 fully saturated rings. The molecule has 0 saturated carbocycles. The average molecular weight is 255 g/mol. The molecule has 2 heterocycles. The highest BCUT2D eigenvalue weighted by molar-refractivity contribution is 5.79. The summed E-state index contributed by atoms with van der Waals surface area (Å²) in [6.45, 7) is 8.67. The fourth-order valence-corrected chi connectivity index (χ4v) is 3.18. The lowest BCUT2D eigenvalue weighted by Crippen LogP contribution is -2.60. The van der Waals surface area contributed by atoms with Crippen molar-refractivity contribution in [3.05, 3.63) is 0 Å². The molecule has 5 nitrogen and oxygen atoms in total. The molecule has 0 aliphatic carbocycles. The van der Waals surface area contributed by atoms with Crippen LogP contribution in [0, 0.1) is 0 Å². The van der Waals surface area contributed by atoms with Crippen LogP contribution in [0.1, 0.15) is 26.2 Å². The molecule has 5 heteroatoms. The van der Waals surface area contributed by atoms with Gasteiger partial charge in [0.15, 0.2) is 0 Å². The lowest BCUT2D eigenvalue weighted by atomic mass is 9.85. The van der Waals surface area contributed by atoms with Crippen LogP contribution in [0.15, 0.2) is 0 Å². The molecule has 0 aromatic carbocycles. The summed E-state index contributed by atoms with van der Waals surface area (Å²) < 4.78 is 0. The summed E-state index contributed by atoms with van der Waals surface area (Å²) >= 11 is 0. The van der Waals surface area contributed by atoms with Crippen molar-refractivity contribution in [1.82, 2.24) is 15.1 Å². The molecule has 0 amide bonds. The van der Waals surface area contributed by atoms with Crippen molar-refractivity contribution < 1.29 is 9.90 Å². The molecule has 2 saturated heterocycles. The third-order valence-corrected chi connectivity index (χ3v) is 4.47. The van der Waals surface area contributed by atoms with E-state index in [1.807, 2.05) is 0 Å². The third-order valence-electron chi connectivity index (χ3n) is 4.47. The topological polar surface area (TPSA) is 55.8 Å². The van der Waals surface area contributed by atoms with E-state index in [9.17, 15) is 9.90 Å². The molecule has 2 rings (SSSR count). The standard InChI is InChI=1S/C13H25N3O2/c1-2-15-9-4-13(5-10-15,12(17)18)16-8-3-6-14-7-11-16/h14H,2-11H2,1H3,(H,17,18). The number of piperidine rings is 1. The number of hydrogen-bond acceptors (Lipinski definition) is 4. The molecule has 0 unspecified atom stereocenters. The summed E-state index contributed by atoms with van der Waals surface area (Å²) in [5, 5.41) is 13.1. The van der Waals surface area contributed by atoms with Gasteiger partial charge < -0.3 is 15.3 Å². The van der Waals surface area contributed by atoms with Crippen LogP contribution >= 0.6 is 0 Å². The minimum absolute atomic E-state index is 0.613. The van der Waals surface area contributed by atoms with Crippen LogP contribution in [-0.2, 0) is 4.79 Å². The van der Waals surface area contributed by atoms with Crippen LogP contribution in [-0.4, -0.2) is 72.2 Å². The molecule has 104 valence electrons. The molecule has 2 N–H and O–H groups in total. The average Bonchev–Trinajstić information content (AvgIpc) is 2.67. The second-order valence-corrected chi connectivity index (χ2v) is 5.36. The molecule has 2 aliphatic rings. The van der Waals surface area contributed by atoms with E-state index in [0.717, 1.165) is 65.1 Å². The molecular formula is C13H25N3O2. The molecule has 0 aromatic rings. The Balaban J connectivity index is 2.09. The molecule has 0 aromatic heterocycles. The van der Waals surface area contributed by atoms with Crippen LogP contribution in [0.3, 0.4) is 0 Å². The zero-order valence-electron chi connectivity index (χ0n) is 11.3. The highest BCUT2D eigenvalue weighted by atomic mass is 16.4. The first-order valence-corrected chi connectivity index (χ1v) is 7.10. The summed E-state index contributed by atoms with van der Waals surface area (Å²) in [5.41, 5.74) is -0.613. The van der Waals surface area contributed by atoms with E-state index in [1.165, 1.54) is 0 Å². The van der Waals surface area contributed by atoms with Crippen LogP contribution in [0.25, 0.3) is 0 Å². The molecular weight excluding hydrogens is 230 g/mol. The van der Waals surface area contributed by atoms with E-state index in [2.05, 4.69) is 22.0 Å². The number of carbonyl (C=O) groups is 1. The van der Waals surface area contributed by atoms with Crippen molar-refractivity contribution in [3.63, 3.8) is 0 Å². The molecule has 0 bridgehead atoms. The maximum absolute atomic E-state index is 11.8. The zero-order chi connectivity index (χ0) is 13.0. The van der Waals surface area contributed by atoms with Crippen molar-refractivity contribution in [2.75, 3.05) is 45.8 Å². The van der Waals surface area contributed by atoms with Gasteiger partial charge in [0, 0.05) is 32.7 Å². The molecule has 2 aliphatic heterocycles. The predicted octanol–water partition coefficient (Wildman–Crippen LogP) is 0.221. The first-order valence-electron chi connectivity index (χ1n) is 7.10. The van der Waals surface area contributed by atoms with E-state index in [1.54, 1.807) is 0 Å². The fourth-order valence-electron chi connectivity index (χ4n) is 3.18. The number of likely N-dealkylation sites (tertiary alicyclic amines) is 1. The van der Waals surface area contributed by atoms with Gasteiger partial charge in [-0.1, -0.05) is 6.92 Å². The van der Waals surface area contributed by atoms with Gasteiger partial charge >= 0.3 is 5.97 Å². The second-order valence-electron chi connectivity index (χ2n) is 5.36. The van der Waals surface area contributed by atoms with Crippen LogP contribution < -0.4 is 5.32 Å². The molecule has 0 spiro atoms. The number of nitrogens with one attached hydrogen (secondary N) is 1. The molecule has 0 atom stereocenters. The molecule has 18 heavy (non-hydrogen) atoms. The van der Waals surface area contributed by atoms with Gasteiger partial charge in [-0.2, -0.15) is 0 Å². The largest absolute Gasteiger partial charge is 0.480 e. The summed E-state index contributed by atoms with van der Waals surface area (Å²) in [5.74, 6) is -0.625. The normalized spacial score (nSPS) is 26.7. The van der Waals surface area contributed by atoms with Gasteiger partial charge in [-0.3, -0.25) is 9.69 Å². The minimum Gasteiger partial charge on any atom is -0.480 e. The smallest absolute Gasteiger partial charge is 0.324 e. The van der Waals surface area contributed by atoms with Crippen LogP contribution in [0.2, 0.25) is 0 Å². The number of hydrogen-bond donors (Lipinski definition) is 2. The van der Waals surface area contributed by atoms with Gasteiger partial charge in [0.1, 0.15) is 5.54 Å². The first-order chi connectivity index (χ1) is 8.69. The molecule has 0 radical (unpaired) electrons. The van der Waals surface area contributed by atoms with Gasteiger partial charge in [0.2, 0.25) is 0 Å². The fraction of sp³-hybridized carbons (Fsp3) is 0.923. The number of nitrogens with zero attached hydrogens (tertiary/aromatic N) is 2. The third kappa shape index (κ3) is 2.68. The predicted molar refractivity (Wildman–Crippen MR) is 70.8 cm³/mol. The second kappa shape index (κ2) is 5.99. The van der Waals surface area contributed by atoms with Crippen molar-refractivity contribution >= 4 is 5.97 Å². The highest BCUT2D eigenvalue weighted by Gasteiger charge is 2.45.